The molecule has 3 saturated heterocycles. The van der Waals surface area contributed by atoms with E-state index in [9.17, 15) is 5.26 Å². The first-order chi connectivity index (χ1) is 17.2. The number of hydrogen-bond donors (Lipinski definition) is 1. The number of nitriles is 1. The van der Waals surface area contributed by atoms with Crippen molar-refractivity contribution in [3.63, 3.8) is 0 Å². The molecule has 1 N–H and O–H groups in total. The largest absolute Gasteiger partial charge is 0.373 e. The topological polar surface area (TPSA) is 67.7 Å². The molecule has 7 rings (SSSR count). The molecule has 0 spiro atoms. The fourth-order valence-electron chi connectivity index (χ4n) is 6.72. The molecule has 178 valence electrons. The highest BCUT2D eigenvalue weighted by molar-refractivity contribution is 5.95. The minimum atomic E-state index is 0.300. The summed E-state index contributed by atoms with van der Waals surface area (Å²) in [6.07, 6.45) is 2.07. The lowest BCUT2D eigenvalue weighted by Gasteiger charge is -2.44. The van der Waals surface area contributed by atoms with Gasteiger partial charge in [0.25, 0.3) is 0 Å². The Bertz CT molecular complexity index is 1330. The maximum Gasteiger partial charge on any atom is 0.101 e. The van der Waals surface area contributed by atoms with E-state index in [1.165, 1.54) is 22.5 Å². The van der Waals surface area contributed by atoms with Crippen molar-refractivity contribution in [3.8, 4) is 6.07 Å². The Morgan fingerprint density at radius 1 is 1.14 bits per heavy atom. The van der Waals surface area contributed by atoms with Gasteiger partial charge in [-0.3, -0.25) is 9.88 Å². The van der Waals surface area contributed by atoms with Crippen LogP contribution in [0, 0.1) is 11.3 Å². The second kappa shape index (κ2) is 8.20. The monoisotopic (exact) mass is 466 g/mol. The molecule has 3 aromatic rings. The van der Waals surface area contributed by atoms with Crippen LogP contribution in [0.15, 0.2) is 48.7 Å². The van der Waals surface area contributed by atoms with Gasteiger partial charge in [0, 0.05) is 68.3 Å². The number of hydrogen-bond acceptors (Lipinski definition) is 7. The lowest BCUT2D eigenvalue weighted by molar-refractivity contribution is 0.0350. The first kappa shape index (κ1) is 21.1. The van der Waals surface area contributed by atoms with E-state index in [0.29, 0.717) is 29.8 Å². The second-order valence-electron chi connectivity index (χ2n) is 10.3. The zero-order valence-corrected chi connectivity index (χ0v) is 20.0. The lowest BCUT2D eigenvalue weighted by atomic mass is 9.99. The van der Waals surface area contributed by atoms with Crippen molar-refractivity contribution in [2.24, 2.45) is 0 Å². The molecule has 0 saturated carbocycles. The Hall–Kier alpha value is -3.18. The van der Waals surface area contributed by atoms with Crippen molar-refractivity contribution in [2.75, 3.05) is 49.1 Å². The molecule has 2 aromatic carbocycles. The number of anilines is 2. The first-order valence-corrected chi connectivity index (χ1v) is 12.7. The van der Waals surface area contributed by atoms with Crippen LogP contribution in [0.4, 0.5) is 11.4 Å². The van der Waals surface area contributed by atoms with Gasteiger partial charge in [-0.2, -0.15) is 5.26 Å². The van der Waals surface area contributed by atoms with Crippen LogP contribution in [0.3, 0.4) is 0 Å². The van der Waals surface area contributed by atoms with Crippen molar-refractivity contribution >= 4 is 22.3 Å². The number of fused-ring (bicyclic) bond motifs is 5. The van der Waals surface area contributed by atoms with Crippen LogP contribution in [0.2, 0.25) is 0 Å². The second-order valence-corrected chi connectivity index (χ2v) is 10.3. The highest BCUT2D eigenvalue weighted by Crippen LogP contribution is 2.42. The van der Waals surface area contributed by atoms with Crippen LogP contribution in [-0.2, 0) is 11.3 Å². The Morgan fingerprint density at radius 3 is 3.00 bits per heavy atom. The number of rotatable bonds is 2. The lowest BCUT2D eigenvalue weighted by Crippen LogP contribution is -2.51. The molecule has 0 radical (unpaired) electrons. The molecule has 7 nitrogen and oxygen atoms in total. The molecule has 1 aromatic heterocycles. The molecule has 3 fully saturated rings. The molecular weight excluding hydrogens is 436 g/mol. The van der Waals surface area contributed by atoms with E-state index in [1.807, 2.05) is 12.1 Å². The molecule has 4 atom stereocenters. The number of benzene rings is 2. The Morgan fingerprint density at radius 2 is 2.09 bits per heavy atom. The predicted octanol–water partition coefficient (Wildman–Crippen LogP) is 3.05. The molecule has 4 aliphatic rings. The maximum atomic E-state index is 9.55. The van der Waals surface area contributed by atoms with Gasteiger partial charge in [0.15, 0.2) is 0 Å². The number of ether oxygens (including phenoxy) is 1. The van der Waals surface area contributed by atoms with Crippen molar-refractivity contribution in [1.29, 1.82) is 5.26 Å². The summed E-state index contributed by atoms with van der Waals surface area (Å²) in [5, 5.41) is 14.1. The fourth-order valence-corrected chi connectivity index (χ4v) is 6.72. The SMILES string of the molecule is CC1CN(c2ccc(C#N)c3ncccc23)CC2c3ccc(N4CCOC5CNCC54)cc3CN12. The summed E-state index contributed by atoms with van der Waals surface area (Å²) in [6, 6.07) is 18.8. The van der Waals surface area contributed by atoms with Crippen LogP contribution in [-0.4, -0.2) is 67.4 Å². The predicted molar refractivity (Wildman–Crippen MR) is 137 cm³/mol. The van der Waals surface area contributed by atoms with Crippen molar-refractivity contribution in [1.82, 2.24) is 15.2 Å². The number of morpholine rings is 1. The number of piperazine rings is 1. The summed E-state index contributed by atoms with van der Waals surface area (Å²) in [4.78, 5) is 12.2. The quantitative estimate of drug-likeness (QED) is 0.623. The van der Waals surface area contributed by atoms with Crippen LogP contribution in [0.5, 0.6) is 0 Å². The van der Waals surface area contributed by atoms with Gasteiger partial charge in [0.1, 0.15) is 6.07 Å². The third-order valence-corrected chi connectivity index (χ3v) is 8.41. The molecular formula is C28H30N6O. The van der Waals surface area contributed by atoms with Crippen LogP contribution in [0.1, 0.15) is 29.7 Å². The molecule has 4 unspecified atom stereocenters. The molecule has 0 aliphatic carbocycles. The normalized spacial score (nSPS) is 28.0. The number of nitrogens with one attached hydrogen (secondary N) is 1. The van der Waals surface area contributed by atoms with Gasteiger partial charge in [-0.15, -0.1) is 0 Å². The van der Waals surface area contributed by atoms with Crippen LogP contribution >= 0.6 is 0 Å². The van der Waals surface area contributed by atoms with E-state index < -0.39 is 0 Å². The standard InChI is InChI=1S/C28H30N6O/c1-18-15-32(24-7-4-19(12-29)28-23(24)3-2-8-31-28)17-26-22-6-5-21(11-20(22)16-34(18)26)33-9-10-35-27-14-30-13-25(27)33/h2-8,11,18,25-27,30H,9-10,13-17H2,1H3. The third-order valence-electron chi connectivity index (χ3n) is 8.41. The maximum absolute atomic E-state index is 9.55. The first-order valence-electron chi connectivity index (χ1n) is 12.7. The molecule has 4 aliphatic heterocycles. The zero-order valence-electron chi connectivity index (χ0n) is 20.0. The summed E-state index contributed by atoms with van der Waals surface area (Å²) in [6.45, 7) is 8.96. The minimum Gasteiger partial charge on any atom is -0.373 e. The van der Waals surface area contributed by atoms with E-state index in [2.05, 4.69) is 68.3 Å². The number of pyridine rings is 1. The summed E-state index contributed by atoms with van der Waals surface area (Å²) < 4.78 is 6.00. The van der Waals surface area contributed by atoms with Crippen molar-refractivity contribution in [3.05, 3.63) is 65.4 Å². The summed E-state index contributed by atoms with van der Waals surface area (Å²) in [7, 11) is 0. The van der Waals surface area contributed by atoms with Gasteiger partial charge in [-0.1, -0.05) is 6.07 Å². The van der Waals surface area contributed by atoms with Gasteiger partial charge in [-0.25, -0.2) is 0 Å². The third kappa shape index (κ3) is 3.32. The van der Waals surface area contributed by atoms with Gasteiger partial charge in [0.2, 0.25) is 0 Å². The Kier molecular flexibility index (Phi) is 4.95. The Balaban J connectivity index is 1.20. The van der Waals surface area contributed by atoms with E-state index in [-0.39, 0.29) is 0 Å². The molecule has 0 amide bonds. The summed E-state index contributed by atoms with van der Waals surface area (Å²) in [5.74, 6) is 0. The molecule has 35 heavy (non-hydrogen) atoms. The summed E-state index contributed by atoms with van der Waals surface area (Å²) in [5.41, 5.74) is 6.86. The van der Waals surface area contributed by atoms with Crippen LogP contribution < -0.4 is 15.1 Å². The highest BCUT2D eigenvalue weighted by Gasteiger charge is 2.41. The molecule has 5 heterocycles. The van der Waals surface area contributed by atoms with Gasteiger partial charge in [-0.05, 0) is 54.4 Å². The van der Waals surface area contributed by atoms with Gasteiger partial charge >= 0.3 is 0 Å². The van der Waals surface area contributed by atoms with Gasteiger partial charge < -0.3 is 19.9 Å². The smallest absolute Gasteiger partial charge is 0.101 e. The van der Waals surface area contributed by atoms with E-state index in [1.54, 1.807) is 6.20 Å². The van der Waals surface area contributed by atoms with Crippen molar-refractivity contribution in [2.45, 2.75) is 37.7 Å². The number of nitrogens with zero attached hydrogens (tertiary/aromatic N) is 5. The number of aromatic nitrogens is 1. The van der Waals surface area contributed by atoms with E-state index >= 15 is 0 Å². The van der Waals surface area contributed by atoms with Gasteiger partial charge in [0.05, 0.1) is 35.9 Å². The minimum absolute atomic E-state index is 0.300. The summed E-state index contributed by atoms with van der Waals surface area (Å²) >= 11 is 0. The zero-order chi connectivity index (χ0) is 23.5. The highest BCUT2D eigenvalue weighted by atomic mass is 16.5. The van der Waals surface area contributed by atoms with E-state index in [0.717, 1.165) is 56.8 Å². The fraction of sp³-hybridized carbons (Fsp3) is 0.429. The van der Waals surface area contributed by atoms with E-state index in [4.69, 9.17) is 4.74 Å². The van der Waals surface area contributed by atoms with Crippen molar-refractivity contribution < 1.29 is 4.74 Å². The van der Waals surface area contributed by atoms with Crippen LogP contribution in [0.25, 0.3) is 10.9 Å². The average molecular weight is 467 g/mol. The molecule has 0 bridgehead atoms. The Labute approximate surface area is 205 Å². The molecule has 7 heteroatoms. The average Bonchev–Trinajstić information content (AvgIpc) is 3.52.